The average Bonchev–Trinajstić information content (AvgIpc) is 3.14. The first-order valence-electron chi connectivity index (χ1n) is 9.81. The fourth-order valence-corrected chi connectivity index (χ4v) is 4.39. The number of imidazole rings is 1. The number of aryl methyl sites for hydroxylation is 2. The number of hydrogen-bond acceptors (Lipinski definition) is 8. The van der Waals surface area contributed by atoms with E-state index < -0.39 is 11.2 Å². The minimum absolute atomic E-state index is 0.142. The minimum Gasteiger partial charge on any atom is -0.395 e. The molecule has 160 valence electrons. The highest BCUT2D eigenvalue weighted by molar-refractivity contribution is 7.99. The number of piperazine rings is 1. The highest BCUT2D eigenvalue weighted by atomic mass is 32.2. The second-order valence-corrected chi connectivity index (χ2v) is 8.11. The van der Waals surface area contributed by atoms with E-state index in [0.717, 1.165) is 32.1 Å². The fraction of sp³-hybridized carbons (Fsp3) is 0.500. The monoisotopic (exact) mass is 433 g/mol. The van der Waals surface area contributed by atoms with Gasteiger partial charge in [-0.3, -0.25) is 24.1 Å². The van der Waals surface area contributed by atoms with Gasteiger partial charge in [0.25, 0.3) is 5.56 Å². The molecular formula is C18H25N8O3S+. The molecule has 11 nitrogen and oxygen atoms in total. The normalized spacial score (nSPS) is 15.2. The molecular weight excluding hydrogens is 408 g/mol. The molecule has 0 aromatic carbocycles. The van der Waals surface area contributed by atoms with Crippen LogP contribution in [-0.4, -0.2) is 79.6 Å². The van der Waals surface area contributed by atoms with Crippen molar-refractivity contribution in [1.29, 1.82) is 0 Å². The van der Waals surface area contributed by atoms with Crippen molar-refractivity contribution in [2.45, 2.75) is 11.7 Å². The van der Waals surface area contributed by atoms with Crippen LogP contribution in [0, 0.1) is 0 Å². The molecule has 30 heavy (non-hydrogen) atoms. The molecule has 0 aliphatic carbocycles. The van der Waals surface area contributed by atoms with Gasteiger partial charge in [-0.15, -0.1) is 0 Å². The van der Waals surface area contributed by atoms with Crippen LogP contribution in [-0.2, 0) is 13.6 Å². The van der Waals surface area contributed by atoms with Gasteiger partial charge in [-0.05, 0) is 6.07 Å². The Kier molecular flexibility index (Phi) is 6.16. The lowest BCUT2D eigenvalue weighted by molar-refractivity contribution is -0.654. The lowest BCUT2D eigenvalue weighted by Crippen LogP contribution is -2.52. The van der Waals surface area contributed by atoms with Crippen LogP contribution >= 0.6 is 11.8 Å². The molecule has 3 aromatic heterocycles. The van der Waals surface area contributed by atoms with Gasteiger partial charge in [0.05, 0.1) is 26.2 Å². The number of aliphatic hydroxyl groups is 1. The van der Waals surface area contributed by atoms with Crippen LogP contribution < -0.4 is 20.7 Å². The molecule has 3 N–H and O–H groups in total. The number of aromatic amines is 2. The van der Waals surface area contributed by atoms with Crippen molar-refractivity contribution >= 4 is 28.9 Å². The minimum atomic E-state index is -0.452. The van der Waals surface area contributed by atoms with E-state index in [1.807, 2.05) is 4.57 Å². The van der Waals surface area contributed by atoms with E-state index in [1.54, 1.807) is 25.5 Å². The molecule has 4 heterocycles. The molecule has 3 aromatic rings. The maximum absolute atomic E-state index is 12.6. The number of nitrogens with one attached hydrogen (secondary N) is 2. The third-order valence-corrected chi connectivity index (χ3v) is 6.09. The van der Waals surface area contributed by atoms with Crippen LogP contribution in [0.1, 0.15) is 0 Å². The van der Waals surface area contributed by atoms with E-state index in [0.29, 0.717) is 35.2 Å². The smallest absolute Gasteiger partial charge is 0.359 e. The molecule has 0 bridgehead atoms. The van der Waals surface area contributed by atoms with Crippen molar-refractivity contribution in [2.24, 2.45) is 7.05 Å². The van der Waals surface area contributed by atoms with Crippen molar-refractivity contribution in [3.8, 4) is 0 Å². The summed E-state index contributed by atoms with van der Waals surface area (Å²) in [6, 6.07) is 1.77. The molecule has 0 saturated carbocycles. The van der Waals surface area contributed by atoms with E-state index >= 15 is 0 Å². The fourth-order valence-electron chi connectivity index (χ4n) is 3.66. The van der Waals surface area contributed by atoms with Crippen LogP contribution in [0.15, 0.2) is 33.2 Å². The van der Waals surface area contributed by atoms with E-state index in [1.165, 1.54) is 16.3 Å². The maximum atomic E-state index is 12.6. The number of rotatable bonds is 7. The topological polar surface area (TPSA) is 127 Å². The van der Waals surface area contributed by atoms with Crippen molar-refractivity contribution < 1.29 is 9.67 Å². The summed E-state index contributed by atoms with van der Waals surface area (Å²) in [4.78, 5) is 43.3. The van der Waals surface area contributed by atoms with Gasteiger partial charge in [-0.1, -0.05) is 11.8 Å². The molecule has 1 aliphatic rings. The summed E-state index contributed by atoms with van der Waals surface area (Å²) in [5, 5.41) is 9.85. The Morgan fingerprint density at radius 2 is 1.90 bits per heavy atom. The number of β-amino-alcohol motifs (C(OH)–C–C–N with tert-alkyl or cyclic N) is 1. The Morgan fingerprint density at radius 3 is 2.60 bits per heavy atom. The van der Waals surface area contributed by atoms with Crippen molar-refractivity contribution in [3.63, 3.8) is 0 Å². The Morgan fingerprint density at radius 1 is 1.17 bits per heavy atom. The first kappa shape index (κ1) is 20.6. The summed E-state index contributed by atoms with van der Waals surface area (Å²) in [5.41, 5.74) is 0.0831. The number of hydrogen-bond donors (Lipinski definition) is 3. The molecule has 0 spiro atoms. The molecule has 0 amide bonds. The molecule has 0 atom stereocenters. The zero-order chi connectivity index (χ0) is 21.1. The third kappa shape index (κ3) is 4.11. The van der Waals surface area contributed by atoms with Crippen molar-refractivity contribution in [2.75, 3.05) is 50.0 Å². The number of nitrogens with zero attached hydrogens (tertiary/aromatic N) is 6. The standard InChI is InChI=1S/C18H24N8O3S/c1-23-14-13(15(28)22-18(23)29)26(10-12-30-16-19-3-2-4-20-16)17(21-14)25-7-5-24(6-8-25)9-11-27/h2-4,27H,5-12H2,1H3,(H,22,28,29)/p+1. The lowest BCUT2D eigenvalue weighted by atomic mass is 10.3. The molecule has 0 unspecified atom stereocenters. The number of fused-ring (bicyclic) bond motifs is 1. The Labute approximate surface area is 176 Å². The zero-order valence-electron chi connectivity index (χ0n) is 16.7. The van der Waals surface area contributed by atoms with Gasteiger partial charge in [0.15, 0.2) is 5.16 Å². The van der Waals surface area contributed by atoms with Crippen molar-refractivity contribution in [3.05, 3.63) is 39.3 Å². The SMILES string of the molecule is Cn1c(=O)[nH]c(=O)c2c1[nH]c(N1CCN(CCO)CC1)[n+]2CCSc1ncccn1. The predicted molar refractivity (Wildman–Crippen MR) is 113 cm³/mol. The van der Waals surface area contributed by atoms with Crippen LogP contribution in [0.5, 0.6) is 0 Å². The number of aromatic nitrogens is 6. The molecule has 4 rings (SSSR count). The van der Waals surface area contributed by atoms with E-state index in [9.17, 15) is 14.7 Å². The Bertz CT molecular complexity index is 1120. The van der Waals surface area contributed by atoms with Gasteiger partial charge in [0, 0.05) is 44.8 Å². The quantitative estimate of drug-likeness (QED) is 0.234. The van der Waals surface area contributed by atoms with Crippen LogP contribution in [0.2, 0.25) is 0 Å². The summed E-state index contributed by atoms with van der Waals surface area (Å²) in [5.74, 6) is 1.47. The predicted octanol–water partition coefficient (Wildman–Crippen LogP) is -1.46. The van der Waals surface area contributed by atoms with E-state index in [-0.39, 0.29) is 6.61 Å². The van der Waals surface area contributed by atoms with E-state index in [2.05, 4.69) is 29.7 Å². The summed E-state index contributed by atoms with van der Waals surface area (Å²) >= 11 is 1.51. The number of anilines is 1. The molecule has 1 saturated heterocycles. The van der Waals surface area contributed by atoms with Crippen LogP contribution in [0.4, 0.5) is 5.95 Å². The van der Waals surface area contributed by atoms with Crippen molar-refractivity contribution in [1.82, 2.24) is 29.4 Å². The van der Waals surface area contributed by atoms with E-state index in [4.69, 9.17) is 0 Å². The number of thioether (sulfide) groups is 1. The van der Waals surface area contributed by atoms with Gasteiger partial charge in [0.2, 0.25) is 11.2 Å². The van der Waals surface area contributed by atoms with Crippen LogP contribution in [0.25, 0.3) is 11.2 Å². The second kappa shape index (κ2) is 8.98. The largest absolute Gasteiger partial charge is 0.395 e. The second-order valence-electron chi connectivity index (χ2n) is 7.05. The van der Waals surface area contributed by atoms with Gasteiger partial charge in [-0.25, -0.2) is 24.3 Å². The summed E-state index contributed by atoms with van der Waals surface area (Å²) in [6.07, 6.45) is 3.40. The third-order valence-electron chi connectivity index (χ3n) is 5.23. The Balaban J connectivity index is 1.65. The molecule has 0 radical (unpaired) electrons. The highest BCUT2D eigenvalue weighted by Crippen LogP contribution is 2.16. The number of aliphatic hydroxyl groups excluding tert-OH is 1. The number of H-pyrrole nitrogens is 2. The Hall–Kier alpha value is -2.70. The zero-order valence-corrected chi connectivity index (χ0v) is 17.6. The highest BCUT2D eigenvalue weighted by Gasteiger charge is 2.30. The first-order valence-corrected chi connectivity index (χ1v) is 10.8. The maximum Gasteiger partial charge on any atom is 0.359 e. The van der Waals surface area contributed by atoms with Gasteiger partial charge in [0.1, 0.15) is 0 Å². The van der Waals surface area contributed by atoms with Gasteiger partial charge < -0.3 is 5.11 Å². The average molecular weight is 434 g/mol. The summed E-state index contributed by atoms with van der Waals surface area (Å²) in [6.45, 7) is 4.50. The first-order chi connectivity index (χ1) is 14.6. The molecule has 12 heteroatoms. The summed E-state index contributed by atoms with van der Waals surface area (Å²) in [7, 11) is 1.64. The summed E-state index contributed by atoms with van der Waals surface area (Å²) < 4.78 is 3.36. The lowest BCUT2D eigenvalue weighted by Gasteiger charge is -2.31. The molecule has 1 aliphatic heterocycles. The van der Waals surface area contributed by atoms with Crippen LogP contribution in [0.3, 0.4) is 0 Å². The van der Waals surface area contributed by atoms with Gasteiger partial charge in [-0.2, -0.15) is 0 Å². The van der Waals surface area contributed by atoms with Gasteiger partial charge >= 0.3 is 11.6 Å². The molecule has 1 fully saturated rings.